The van der Waals surface area contributed by atoms with Crippen molar-refractivity contribution < 1.29 is 4.74 Å². The molecule has 0 saturated heterocycles. The van der Waals surface area contributed by atoms with Gasteiger partial charge in [0.05, 0.1) is 12.5 Å². The molecule has 23 heavy (non-hydrogen) atoms. The van der Waals surface area contributed by atoms with Gasteiger partial charge in [0.1, 0.15) is 22.2 Å². The summed E-state index contributed by atoms with van der Waals surface area (Å²) in [5.74, 6) is 2.51. The SMILES string of the molecule is COc1ccc(-c2csc3nc(C)nc(NCCCN)c23)cc1. The van der Waals surface area contributed by atoms with Crippen molar-refractivity contribution in [3.63, 3.8) is 0 Å². The molecule has 0 spiro atoms. The van der Waals surface area contributed by atoms with Gasteiger partial charge in [-0.2, -0.15) is 0 Å². The monoisotopic (exact) mass is 328 g/mol. The van der Waals surface area contributed by atoms with Crippen LogP contribution in [0.1, 0.15) is 12.2 Å². The van der Waals surface area contributed by atoms with Gasteiger partial charge in [-0.15, -0.1) is 11.3 Å². The number of aryl methyl sites for hydroxylation is 1. The Kier molecular flexibility index (Phi) is 4.73. The number of thiophene rings is 1. The lowest BCUT2D eigenvalue weighted by molar-refractivity contribution is 0.415. The molecule has 0 aliphatic carbocycles. The number of ether oxygens (including phenoxy) is 1. The zero-order chi connectivity index (χ0) is 16.2. The highest BCUT2D eigenvalue weighted by molar-refractivity contribution is 7.17. The highest BCUT2D eigenvalue weighted by Gasteiger charge is 2.14. The predicted molar refractivity (Wildman–Crippen MR) is 96.3 cm³/mol. The number of benzene rings is 1. The van der Waals surface area contributed by atoms with Crippen LogP contribution in [0.3, 0.4) is 0 Å². The number of nitrogens with one attached hydrogen (secondary N) is 1. The first-order valence-corrected chi connectivity index (χ1v) is 8.45. The molecule has 0 aliphatic heterocycles. The summed E-state index contributed by atoms with van der Waals surface area (Å²) in [5, 5.41) is 6.60. The van der Waals surface area contributed by atoms with Gasteiger partial charge < -0.3 is 15.8 Å². The van der Waals surface area contributed by atoms with Gasteiger partial charge in [-0.25, -0.2) is 9.97 Å². The van der Waals surface area contributed by atoms with Gasteiger partial charge in [0.25, 0.3) is 0 Å². The Morgan fingerprint density at radius 2 is 2.00 bits per heavy atom. The molecular weight excluding hydrogens is 308 g/mol. The van der Waals surface area contributed by atoms with E-state index < -0.39 is 0 Å². The minimum atomic E-state index is 0.662. The summed E-state index contributed by atoms with van der Waals surface area (Å²) in [6.45, 7) is 3.38. The molecule has 0 bridgehead atoms. The Morgan fingerprint density at radius 1 is 1.22 bits per heavy atom. The Balaban J connectivity index is 2.06. The fourth-order valence-corrected chi connectivity index (χ4v) is 3.46. The number of hydrogen-bond acceptors (Lipinski definition) is 6. The van der Waals surface area contributed by atoms with E-state index in [1.807, 2.05) is 19.1 Å². The van der Waals surface area contributed by atoms with Gasteiger partial charge >= 0.3 is 0 Å². The summed E-state index contributed by atoms with van der Waals surface area (Å²) in [6, 6.07) is 8.05. The van der Waals surface area contributed by atoms with Crippen LogP contribution in [-0.4, -0.2) is 30.2 Å². The largest absolute Gasteiger partial charge is 0.497 e. The Hall–Kier alpha value is -2.18. The third-order valence-corrected chi connectivity index (χ3v) is 4.49. The summed E-state index contributed by atoms with van der Waals surface area (Å²) >= 11 is 1.64. The van der Waals surface area contributed by atoms with Crippen LogP contribution in [0.4, 0.5) is 5.82 Å². The predicted octanol–water partition coefficient (Wildman–Crippen LogP) is 3.44. The Labute approximate surface area is 139 Å². The average molecular weight is 328 g/mol. The quantitative estimate of drug-likeness (QED) is 0.678. The van der Waals surface area contributed by atoms with Crippen molar-refractivity contribution >= 4 is 27.4 Å². The van der Waals surface area contributed by atoms with Crippen molar-refractivity contribution in [1.29, 1.82) is 0 Å². The number of anilines is 1. The molecule has 5 nitrogen and oxygen atoms in total. The molecule has 0 unspecified atom stereocenters. The van der Waals surface area contributed by atoms with Crippen LogP contribution in [0.15, 0.2) is 29.6 Å². The van der Waals surface area contributed by atoms with Crippen molar-refractivity contribution in [3.8, 4) is 16.9 Å². The second-order valence-electron chi connectivity index (χ2n) is 5.25. The Bertz CT molecular complexity index is 798. The normalized spacial score (nSPS) is 10.9. The first-order chi connectivity index (χ1) is 11.2. The molecule has 0 aliphatic rings. The number of fused-ring (bicyclic) bond motifs is 1. The average Bonchev–Trinajstić information content (AvgIpc) is 2.99. The van der Waals surface area contributed by atoms with Crippen molar-refractivity contribution in [3.05, 3.63) is 35.5 Å². The third-order valence-electron chi connectivity index (χ3n) is 3.62. The summed E-state index contributed by atoms with van der Waals surface area (Å²) in [6.07, 6.45) is 0.909. The van der Waals surface area contributed by atoms with Crippen LogP contribution in [0.5, 0.6) is 5.75 Å². The fraction of sp³-hybridized carbons (Fsp3) is 0.294. The summed E-state index contributed by atoms with van der Waals surface area (Å²) < 4.78 is 5.23. The lowest BCUT2D eigenvalue weighted by atomic mass is 10.1. The molecule has 6 heteroatoms. The number of nitrogens with zero attached hydrogens (tertiary/aromatic N) is 2. The van der Waals surface area contributed by atoms with E-state index in [4.69, 9.17) is 10.5 Å². The number of methoxy groups -OCH3 is 1. The third kappa shape index (κ3) is 3.28. The zero-order valence-electron chi connectivity index (χ0n) is 13.3. The second-order valence-corrected chi connectivity index (χ2v) is 6.10. The van der Waals surface area contributed by atoms with Crippen LogP contribution in [-0.2, 0) is 0 Å². The maximum Gasteiger partial charge on any atom is 0.139 e. The molecule has 3 N–H and O–H groups in total. The standard InChI is InChI=1S/C17H20N4OS/c1-11-20-16(19-9-3-8-18)15-14(10-23-17(15)21-11)12-4-6-13(22-2)7-5-12/h4-7,10H,3,8-9,18H2,1-2H3,(H,19,20,21). The molecule has 0 saturated carbocycles. The first-order valence-electron chi connectivity index (χ1n) is 7.57. The van der Waals surface area contributed by atoms with E-state index in [0.717, 1.165) is 51.7 Å². The van der Waals surface area contributed by atoms with Gasteiger partial charge in [0.15, 0.2) is 0 Å². The van der Waals surface area contributed by atoms with Crippen molar-refractivity contribution in [2.75, 3.05) is 25.5 Å². The van der Waals surface area contributed by atoms with Gasteiger partial charge in [-0.1, -0.05) is 12.1 Å². The molecule has 0 amide bonds. The van der Waals surface area contributed by atoms with Crippen LogP contribution in [0.2, 0.25) is 0 Å². The number of hydrogen-bond donors (Lipinski definition) is 2. The van der Waals surface area contributed by atoms with E-state index in [9.17, 15) is 0 Å². The summed E-state index contributed by atoms with van der Waals surface area (Å²) in [4.78, 5) is 10.1. The fourth-order valence-electron chi connectivity index (χ4n) is 2.47. The minimum Gasteiger partial charge on any atom is -0.497 e. The highest BCUT2D eigenvalue weighted by Crippen LogP contribution is 2.37. The van der Waals surface area contributed by atoms with Gasteiger partial charge in [-0.05, 0) is 37.6 Å². The van der Waals surface area contributed by atoms with Crippen LogP contribution >= 0.6 is 11.3 Å². The molecule has 0 radical (unpaired) electrons. The van der Waals surface area contributed by atoms with Gasteiger partial charge in [-0.3, -0.25) is 0 Å². The van der Waals surface area contributed by atoms with Crippen molar-refractivity contribution in [2.45, 2.75) is 13.3 Å². The van der Waals surface area contributed by atoms with Gasteiger partial charge in [0.2, 0.25) is 0 Å². The van der Waals surface area contributed by atoms with Crippen LogP contribution < -0.4 is 15.8 Å². The van der Waals surface area contributed by atoms with Gasteiger partial charge in [0, 0.05) is 17.5 Å². The maximum atomic E-state index is 5.58. The maximum absolute atomic E-state index is 5.58. The van der Waals surface area contributed by atoms with E-state index in [2.05, 4.69) is 32.8 Å². The topological polar surface area (TPSA) is 73.1 Å². The van der Waals surface area contributed by atoms with Crippen molar-refractivity contribution in [2.24, 2.45) is 5.73 Å². The van der Waals surface area contributed by atoms with Crippen LogP contribution in [0.25, 0.3) is 21.3 Å². The number of nitrogens with two attached hydrogens (primary N) is 1. The van der Waals surface area contributed by atoms with E-state index in [0.29, 0.717) is 6.54 Å². The molecule has 3 aromatic rings. The molecule has 1 aromatic carbocycles. The van der Waals surface area contributed by atoms with E-state index in [1.54, 1.807) is 18.4 Å². The first kappa shape index (κ1) is 15.7. The molecule has 0 fully saturated rings. The molecule has 3 rings (SSSR count). The summed E-state index contributed by atoms with van der Waals surface area (Å²) in [5.41, 5.74) is 7.85. The molecule has 2 aromatic heterocycles. The van der Waals surface area contributed by atoms with Crippen molar-refractivity contribution in [1.82, 2.24) is 9.97 Å². The Morgan fingerprint density at radius 3 is 2.70 bits per heavy atom. The van der Waals surface area contributed by atoms with E-state index in [-0.39, 0.29) is 0 Å². The number of aromatic nitrogens is 2. The smallest absolute Gasteiger partial charge is 0.139 e. The lowest BCUT2D eigenvalue weighted by Gasteiger charge is -2.09. The zero-order valence-corrected chi connectivity index (χ0v) is 14.1. The number of rotatable bonds is 6. The minimum absolute atomic E-state index is 0.662. The summed E-state index contributed by atoms with van der Waals surface area (Å²) in [7, 11) is 1.67. The van der Waals surface area contributed by atoms with E-state index in [1.165, 1.54) is 0 Å². The molecule has 0 atom stereocenters. The van der Waals surface area contributed by atoms with Crippen LogP contribution in [0, 0.1) is 6.92 Å². The molecule has 2 heterocycles. The van der Waals surface area contributed by atoms with E-state index >= 15 is 0 Å². The lowest BCUT2D eigenvalue weighted by Crippen LogP contribution is -2.10. The molecule has 120 valence electrons. The highest BCUT2D eigenvalue weighted by atomic mass is 32.1. The second kappa shape index (κ2) is 6.93. The molecular formula is C17H20N4OS.